The maximum atomic E-state index is 11.7. The quantitative estimate of drug-likeness (QED) is 0.303. The number of nitrogens with one attached hydrogen (secondary N) is 3. The molecule has 0 aliphatic carbocycles. The molecule has 2 aromatic carbocycles. The van der Waals surface area contributed by atoms with Gasteiger partial charge in [-0.3, -0.25) is 4.79 Å². The topological polar surface area (TPSA) is 65.5 Å². The molecule has 28 heavy (non-hydrogen) atoms. The van der Waals surface area contributed by atoms with E-state index in [1.165, 1.54) is 11.1 Å². The van der Waals surface area contributed by atoms with E-state index in [0.717, 1.165) is 30.3 Å². The maximum absolute atomic E-state index is 11.7. The SMILES string of the molecule is CCNC(=NCc1ccc(NC(=O)C(C)C)cc1)NCc1ccccc1C.I. The van der Waals surface area contributed by atoms with Crippen LogP contribution >= 0.6 is 24.0 Å². The van der Waals surface area contributed by atoms with Crippen molar-refractivity contribution in [1.82, 2.24) is 10.6 Å². The number of hydrogen-bond donors (Lipinski definition) is 3. The van der Waals surface area contributed by atoms with Gasteiger partial charge in [-0.25, -0.2) is 4.99 Å². The van der Waals surface area contributed by atoms with E-state index in [1.807, 2.05) is 50.2 Å². The Morgan fingerprint density at radius 2 is 1.71 bits per heavy atom. The standard InChI is InChI=1S/C22H30N4O.HI/c1-5-23-22(25-15-19-9-7-6-8-17(19)4)24-14-18-10-12-20(13-11-18)26-21(27)16(2)3;/h6-13,16H,5,14-15H2,1-4H3,(H,26,27)(H2,23,24,25);1H. The van der Waals surface area contributed by atoms with Gasteiger partial charge in [0.1, 0.15) is 0 Å². The Bertz CT molecular complexity index is 772. The summed E-state index contributed by atoms with van der Waals surface area (Å²) in [6.45, 7) is 10.0. The molecule has 2 rings (SSSR count). The number of rotatable bonds is 7. The summed E-state index contributed by atoms with van der Waals surface area (Å²) < 4.78 is 0. The molecule has 0 spiro atoms. The van der Waals surface area contributed by atoms with Crippen molar-refractivity contribution in [3.05, 3.63) is 65.2 Å². The summed E-state index contributed by atoms with van der Waals surface area (Å²) in [5.41, 5.74) is 4.42. The number of carbonyl (C=O) groups is 1. The van der Waals surface area contributed by atoms with Crippen molar-refractivity contribution >= 4 is 41.5 Å². The Morgan fingerprint density at radius 3 is 2.32 bits per heavy atom. The minimum atomic E-state index is -0.0312. The predicted molar refractivity (Wildman–Crippen MR) is 128 cm³/mol. The van der Waals surface area contributed by atoms with E-state index in [1.54, 1.807) is 0 Å². The molecule has 6 heteroatoms. The highest BCUT2D eigenvalue weighted by atomic mass is 127. The molecule has 152 valence electrons. The normalized spacial score (nSPS) is 11.0. The zero-order chi connectivity index (χ0) is 19.6. The zero-order valence-electron chi connectivity index (χ0n) is 17.1. The third-order valence-corrected chi connectivity index (χ3v) is 4.22. The lowest BCUT2D eigenvalue weighted by molar-refractivity contribution is -0.118. The third kappa shape index (κ3) is 7.88. The van der Waals surface area contributed by atoms with Crippen molar-refractivity contribution in [3.63, 3.8) is 0 Å². The number of halogens is 1. The lowest BCUT2D eigenvalue weighted by Gasteiger charge is -2.13. The van der Waals surface area contributed by atoms with Crippen molar-refractivity contribution in [2.45, 2.75) is 40.8 Å². The molecule has 3 N–H and O–H groups in total. The van der Waals surface area contributed by atoms with Crippen LogP contribution in [0.2, 0.25) is 0 Å². The van der Waals surface area contributed by atoms with Crippen LogP contribution in [0.4, 0.5) is 5.69 Å². The summed E-state index contributed by atoms with van der Waals surface area (Å²) in [5.74, 6) is 0.782. The van der Waals surface area contributed by atoms with Crippen molar-refractivity contribution in [2.24, 2.45) is 10.9 Å². The number of aryl methyl sites for hydroxylation is 1. The molecule has 0 aromatic heterocycles. The van der Waals surface area contributed by atoms with Gasteiger partial charge in [-0.2, -0.15) is 0 Å². The number of hydrogen-bond acceptors (Lipinski definition) is 2. The van der Waals surface area contributed by atoms with E-state index in [4.69, 9.17) is 0 Å². The van der Waals surface area contributed by atoms with Gasteiger partial charge in [-0.05, 0) is 42.7 Å². The largest absolute Gasteiger partial charge is 0.357 e. The van der Waals surface area contributed by atoms with E-state index in [-0.39, 0.29) is 35.8 Å². The van der Waals surface area contributed by atoms with E-state index in [2.05, 4.69) is 46.9 Å². The molecule has 0 saturated carbocycles. The molecule has 1 amide bonds. The van der Waals surface area contributed by atoms with Gasteiger partial charge in [0.15, 0.2) is 5.96 Å². The van der Waals surface area contributed by atoms with Crippen LogP contribution in [0.25, 0.3) is 0 Å². The number of aliphatic imine (C=N–C) groups is 1. The lowest BCUT2D eigenvalue weighted by atomic mass is 10.1. The number of benzene rings is 2. The number of carbonyl (C=O) groups excluding carboxylic acids is 1. The van der Waals surface area contributed by atoms with E-state index < -0.39 is 0 Å². The number of amides is 1. The minimum Gasteiger partial charge on any atom is -0.357 e. The summed E-state index contributed by atoms with van der Waals surface area (Å²) in [6, 6.07) is 16.1. The van der Waals surface area contributed by atoms with Gasteiger partial charge in [-0.1, -0.05) is 50.2 Å². The molecular weight excluding hydrogens is 463 g/mol. The Labute approximate surface area is 185 Å². The van der Waals surface area contributed by atoms with Crippen molar-refractivity contribution in [2.75, 3.05) is 11.9 Å². The molecule has 0 heterocycles. The van der Waals surface area contributed by atoms with Crippen LogP contribution in [-0.2, 0) is 17.9 Å². The summed E-state index contributed by atoms with van der Waals surface area (Å²) in [4.78, 5) is 16.4. The summed E-state index contributed by atoms with van der Waals surface area (Å²) >= 11 is 0. The van der Waals surface area contributed by atoms with Gasteiger partial charge in [0.2, 0.25) is 5.91 Å². The summed E-state index contributed by atoms with van der Waals surface area (Å²) in [6.07, 6.45) is 0. The zero-order valence-corrected chi connectivity index (χ0v) is 19.4. The van der Waals surface area contributed by atoms with Crippen LogP contribution in [0, 0.1) is 12.8 Å². The van der Waals surface area contributed by atoms with Gasteiger partial charge < -0.3 is 16.0 Å². The van der Waals surface area contributed by atoms with Crippen LogP contribution < -0.4 is 16.0 Å². The van der Waals surface area contributed by atoms with Crippen molar-refractivity contribution in [3.8, 4) is 0 Å². The molecule has 0 fully saturated rings. The van der Waals surface area contributed by atoms with Crippen LogP contribution in [0.15, 0.2) is 53.5 Å². The molecular formula is C22H31IN4O. The van der Waals surface area contributed by atoms with Gasteiger partial charge in [0, 0.05) is 24.7 Å². The Morgan fingerprint density at radius 1 is 1.04 bits per heavy atom. The smallest absolute Gasteiger partial charge is 0.226 e. The monoisotopic (exact) mass is 494 g/mol. The minimum absolute atomic E-state index is 0. The van der Waals surface area contributed by atoms with E-state index in [9.17, 15) is 4.79 Å². The fraction of sp³-hybridized carbons (Fsp3) is 0.364. The van der Waals surface area contributed by atoms with Crippen LogP contribution in [-0.4, -0.2) is 18.4 Å². The lowest BCUT2D eigenvalue weighted by Crippen LogP contribution is -2.36. The fourth-order valence-electron chi connectivity index (χ4n) is 2.48. The first-order valence-electron chi connectivity index (χ1n) is 9.46. The highest BCUT2D eigenvalue weighted by molar-refractivity contribution is 14.0. The Hall–Kier alpha value is -2.09. The molecule has 5 nitrogen and oxygen atoms in total. The fourth-order valence-corrected chi connectivity index (χ4v) is 2.48. The van der Waals surface area contributed by atoms with Crippen LogP contribution in [0.1, 0.15) is 37.5 Å². The molecule has 0 aliphatic rings. The second kappa shape index (κ2) is 12.4. The average molecular weight is 494 g/mol. The van der Waals surface area contributed by atoms with Gasteiger partial charge in [0.05, 0.1) is 6.54 Å². The highest BCUT2D eigenvalue weighted by Gasteiger charge is 2.06. The predicted octanol–water partition coefficient (Wildman–Crippen LogP) is 4.46. The first-order valence-corrected chi connectivity index (χ1v) is 9.46. The molecule has 0 aliphatic heterocycles. The van der Waals surface area contributed by atoms with E-state index >= 15 is 0 Å². The van der Waals surface area contributed by atoms with Crippen molar-refractivity contribution < 1.29 is 4.79 Å². The second-order valence-corrected chi connectivity index (χ2v) is 6.82. The summed E-state index contributed by atoms with van der Waals surface area (Å²) in [5, 5.41) is 9.55. The van der Waals surface area contributed by atoms with Crippen molar-refractivity contribution in [1.29, 1.82) is 0 Å². The molecule has 0 atom stereocenters. The van der Waals surface area contributed by atoms with Gasteiger partial charge in [0.25, 0.3) is 0 Å². The van der Waals surface area contributed by atoms with Crippen LogP contribution in [0.5, 0.6) is 0 Å². The highest BCUT2D eigenvalue weighted by Crippen LogP contribution is 2.12. The summed E-state index contributed by atoms with van der Waals surface area (Å²) in [7, 11) is 0. The number of nitrogens with zero attached hydrogens (tertiary/aromatic N) is 1. The Kier molecular flexibility index (Phi) is 10.6. The second-order valence-electron chi connectivity index (χ2n) is 6.82. The average Bonchev–Trinajstić information content (AvgIpc) is 2.66. The molecule has 0 unspecified atom stereocenters. The van der Waals surface area contributed by atoms with E-state index in [0.29, 0.717) is 6.54 Å². The number of guanidine groups is 1. The molecule has 0 radical (unpaired) electrons. The Balaban J connectivity index is 0.00000392. The first kappa shape index (κ1) is 23.9. The van der Waals surface area contributed by atoms with Gasteiger partial charge in [-0.15, -0.1) is 24.0 Å². The van der Waals surface area contributed by atoms with Gasteiger partial charge >= 0.3 is 0 Å². The maximum Gasteiger partial charge on any atom is 0.226 e. The first-order chi connectivity index (χ1) is 13.0. The molecule has 0 saturated heterocycles. The third-order valence-electron chi connectivity index (χ3n) is 4.22. The number of anilines is 1. The molecule has 0 bridgehead atoms. The molecule has 2 aromatic rings. The van der Waals surface area contributed by atoms with Crippen LogP contribution in [0.3, 0.4) is 0 Å².